The highest BCUT2D eigenvalue weighted by Crippen LogP contribution is 2.32. The van der Waals surface area contributed by atoms with E-state index in [9.17, 15) is 20.0 Å². The summed E-state index contributed by atoms with van der Waals surface area (Å²) in [6.07, 6.45) is 1.09. The van der Waals surface area contributed by atoms with Crippen LogP contribution in [-0.2, 0) is 4.79 Å². The van der Waals surface area contributed by atoms with Gasteiger partial charge in [0, 0.05) is 27.7 Å². The number of carbonyl (C=O) groups is 1. The van der Waals surface area contributed by atoms with Crippen LogP contribution in [0.4, 0.5) is 11.4 Å². The first kappa shape index (κ1) is 20.1. The Kier molecular flexibility index (Phi) is 5.94. The van der Waals surface area contributed by atoms with Gasteiger partial charge in [0.1, 0.15) is 6.04 Å². The number of phenolic OH excluding ortho intramolecular Hbond substituents is 1. The number of carbonyl (C=O) groups excluding carboxylic acids is 1. The van der Waals surface area contributed by atoms with Crippen molar-refractivity contribution in [2.45, 2.75) is 13.0 Å². The van der Waals surface area contributed by atoms with Crippen LogP contribution in [0.2, 0.25) is 5.02 Å². The summed E-state index contributed by atoms with van der Waals surface area (Å²) in [5, 5.41) is 29.8. The minimum absolute atomic E-state index is 0.0131. The molecule has 3 N–H and O–H groups in total. The minimum Gasteiger partial charge on any atom is -0.502 e. The average Bonchev–Trinajstić information content (AvgIpc) is 2.70. The summed E-state index contributed by atoms with van der Waals surface area (Å²) >= 11 is 5.82. The van der Waals surface area contributed by atoms with Crippen LogP contribution >= 0.6 is 11.6 Å². The first-order valence-electron chi connectivity index (χ1n) is 8.61. The van der Waals surface area contributed by atoms with Gasteiger partial charge in [0.05, 0.1) is 11.1 Å². The second kappa shape index (κ2) is 8.57. The van der Waals surface area contributed by atoms with Crippen molar-refractivity contribution in [1.29, 1.82) is 0 Å². The third-order valence-electron chi connectivity index (χ3n) is 4.21. The monoisotopic (exact) mass is 412 g/mol. The zero-order valence-electron chi connectivity index (χ0n) is 15.3. The molecule has 0 saturated heterocycles. The molecule has 0 aromatic heterocycles. The van der Waals surface area contributed by atoms with Gasteiger partial charge in [0.15, 0.2) is 0 Å². The van der Waals surface area contributed by atoms with Crippen LogP contribution in [0.25, 0.3) is 10.8 Å². The largest absolute Gasteiger partial charge is 0.502 e. The molecule has 3 aromatic carbocycles. The molecule has 29 heavy (non-hydrogen) atoms. The van der Waals surface area contributed by atoms with E-state index in [0.717, 1.165) is 28.7 Å². The van der Waals surface area contributed by atoms with Crippen LogP contribution in [0.1, 0.15) is 12.5 Å². The highest BCUT2D eigenvalue weighted by atomic mass is 35.5. The van der Waals surface area contributed by atoms with Gasteiger partial charge in [-0.2, -0.15) is 5.10 Å². The van der Waals surface area contributed by atoms with Crippen molar-refractivity contribution in [2.24, 2.45) is 5.10 Å². The summed E-state index contributed by atoms with van der Waals surface area (Å²) in [4.78, 5) is 22.5. The van der Waals surface area contributed by atoms with E-state index >= 15 is 0 Å². The van der Waals surface area contributed by atoms with Gasteiger partial charge in [-0.05, 0) is 24.4 Å². The van der Waals surface area contributed by atoms with Crippen LogP contribution in [0.3, 0.4) is 0 Å². The lowest BCUT2D eigenvalue weighted by atomic mass is 10.1. The smallest absolute Gasteiger partial charge is 0.312 e. The van der Waals surface area contributed by atoms with Crippen molar-refractivity contribution in [3.05, 3.63) is 75.3 Å². The van der Waals surface area contributed by atoms with E-state index in [0.29, 0.717) is 0 Å². The fourth-order valence-electron chi connectivity index (χ4n) is 2.76. The van der Waals surface area contributed by atoms with Gasteiger partial charge in [0.25, 0.3) is 5.91 Å². The maximum absolute atomic E-state index is 12.3. The third-order valence-corrected chi connectivity index (χ3v) is 4.43. The van der Waals surface area contributed by atoms with Crippen LogP contribution in [0, 0.1) is 10.1 Å². The second-order valence-electron chi connectivity index (χ2n) is 6.25. The fourth-order valence-corrected chi connectivity index (χ4v) is 2.98. The number of amides is 1. The molecule has 0 aliphatic carbocycles. The molecule has 0 aliphatic heterocycles. The van der Waals surface area contributed by atoms with E-state index in [4.69, 9.17) is 11.6 Å². The van der Waals surface area contributed by atoms with Crippen molar-refractivity contribution < 1.29 is 14.8 Å². The predicted octanol–water partition coefficient (Wildman–Crippen LogP) is 4.06. The van der Waals surface area contributed by atoms with Gasteiger partial charge in [-0.1, -0.05) is 48.0 Å². The Morgan fingerprint density at radius 1 is 1.24 bits per heavy atom. The molecule has 0 saturated carbocycles. The van der Waals surface area contributed by atoms with Crippen molar-refractivity contribution in [3.8, 4) is 5.75 Å². The van der Waals surface area contributed by atoms with Crippen LogP contribution < -0.4 is 10.7 Å². The summed E-state index contributed by atoms with van der Waals surface area (Å²) in [5.41, 5.74) is 2.61. The molecule has 3 aromatic rings. The molecule has 8 nitrogen and oxygen atoms in total. The van der Waals surface area contributed by atoms with E-state index in [1.165, 1.54) is 6.07 Å². The molecule has 0 bridgehead atoms. The number of nitro benzene ring substituents is 1. The molecule has 0 aliphatic rings. The first-order chi connectivity index (χ1) is 13.9. The number of rotatable bonds is 6. The minimum atomic E-state index is -0.757. The SMILES string of the molecule is C[C@H](Nc1cccc2ccccc12)C(=O)N/N=C\c1cc(Cl)cc([N+](=O)[O-])c1O. The molecule has 148 valence electrons. The Bertz CT molecular complexity index is 1110. The van der Waals surface area contributed by atoms with Crippen molar-refractivity contribution in [3.63, 3.8) is 0 Å². The maximum atomic E-state index is 12.3. The third kappa shape index (κ3) is 4.61. The highest BCUT2D eigenvalue weighted by molar-refractivity contribution is 6.31. The Morgan fingerprint density at radius 3 is 2.72 bits per heavy atom. The number of fused-ring (bicyclic) bond motifs is 1. The van der Waals surface area contributed by atoms with Gasteiger partial charge in [-0.15, -0.1) is 0 Å². The number of hydrogen-bond acceptors (Lipinski definition) is 6. The zero-order chi connectivity index (χ0) is 21.0. The Hall–Kier alpha value is -3.65. The topological polar surface area (TPSA) is 117 Å². The lowest BCUT2D eigenvalue weighted by molar-refractivity contribution is -0.385. The summed E-state index contributed by atoms with van der Waals surface area (Å²) in [7, 11) is 0. The quantitative estimate of drug-likeness (QED) is 0.320. The van der Waals surface area contributed by atoms with E-state index < -0.39 is 28.3 Å². The number of nitrogens with one attached hydrogen (secondary N) is 2. The number of anilines is 1. The molecule has 0 fully saturated rings. The highest BCUT2D eigenvalue weighted by Gasteiger charge is 2.18. The number of aromatic hydroxyl groups is 1. The van der Waals surface area contributed by atoms with Crippen molar-refractivity contribution in [2.75, 3.05) is 5.32 Å². The average molecular weight is 413 g/mol. The molecular formula is C20H17ClN4O4. The van der Waals surface area contributed by atoms with Gasteiger partial charge >= 0.3 is 5.69 Å². The number of hydrazone groups is 1. The standard InChI is InChI=1S/C20H17ClN4O4/c1-12(23-17-8-4-6-13-5-2-3-7-16(13)17)20(27)24-22-11-14-9-15(21)10-18(19(14)26)25(28)29/h2-12,23,26H,1H3,(H,24,27)/b22-11-/t12-/m0/s1. The van der Waals surface area contributed by atoms with Gasteiger partial charge in [0.2, 0.25) is 5.75 Å². The molecular weight excluding hydrogens is 396 g/mol. The number of nitro groups is 1. The Morgan fingerprint density at radius 2 is 1.97 bits per heavy atom. The van der Waals surface area contributed by atoms with Crippen LogP contribution in [0.15, 0.2) is 59.7 Å². The lowest BCUT2D eigenvalue weighted by Gasteiger charge is -2.15. The van der Waals surface area contributed by atoms with Crippen LogP contribution in [-0.4, -0.2) is 28.2 Å². The molecule has 1 atom stereocenters. The normalized spacial score (nSPS) is 12.1. The first-order valence-corrected chi connectivity index (χ1v) is 8.98. The number of hydrogen-bond donors (Lipinski definition) is 3. The fraction of sp³-hybridized carbons (Fsp3) is 0.100. The van der Waals surface area contributed by atoms with E-state index in [-0.39, 0.29) is 10.6 Å². The lowest BCUT2D eigenvalue weighted by Crippen LogP contribution is -2.34. The molecule has 0 radical (unpaired) electrons. The molecule has 0 unspecified atom stereocenters. The van der Waals surface area contributed by atoms with Crippen LogP contribution in [0.5, 0.6) is 5.75 Å². The Balaban J connectivity index is 1.70. The van der Waals surface area contributed by atoms with Crippen molar-refractivity contribution >= 4 is 45.9 Å². The maximum Gasteiger partial charge on any atom is 0.312 e. The molecule has 9 heteroatoms. The van der Waals surface area contributed by atoms with Crippen molar-refractivity contribution in [1.82, 2.24) is 5.43 Å². The number of nitrogens with zero attached hydrogens (tertiary/aromatic N) is 2. The summed E-state index contributed by atoms with van der Waals surface area (Å²) < 4.78 is 0. The molecule has 0 heterocycles. The molecule has 1 amide bonds. The van der Waals surface area contributed by atoms with Gasteiger partial charge in [-0.3, -0.25) is 14.9 Å². The zero-order valence-corrected chi connectivity index (χ0v) is 16.1. The number of benzene rings is 3. The molecule has 0 spiro atoms. The summed E-state index contributed by atoms with van der Waals surface area (Å²) in [6.45, 7) is 1.67. The molecule has 3 rings (SSSR count). The van der Waals surface area contributed by atoms with Gasteiger partial charge in [-0.25, -0.2) is 5.43 Å². The van der Waals surface area contributed by atoms with Gasteiger partial charge < -0.3 is 10.4 Å². The number of phenols is 1. The second-order valence-corrected chi connectivity index (χ2v) is 6.68. The number of halogens is 1. The van der Waals surface area contributed by atoms with E-state index in [1.807, 2.05) is 42.5 Å². The van der Waals surface area contributed by atoms with E-state index in [1.54, 1.807) is 6.92 Å². The predicted molar refractivity (Wildman–Crippen MR) is 113 cm³/mol. The van der Waals surface area contributed by atoms with E-state index in [2.05, 4.69) is 15.8 Å². The summed E-state index contributed by atoms with van der Waals surface area (Å²) in [6, 6.07) is 15.3. The summed E-state index contributed by atoms with van der Waals surface area (Å²) in [5.74, 6) is -1.01. The Labute approximate surface area is 171 Å².